The highest BCUT2D eigenvalue weighted by molar-refractivity contribution is 5.89. The van der Waals surface area contributed by atoms with Crippen molar-refractivity contribution in [2.75, 3.05) is 0 Å². The van der Waals surface area contributed by atoms with Crippen LogP contribution in [-0.2, 0) is 12.6 Å². The Hall–Kier alpha value is -1.46. The summed E-state index contributed by atoms with van der Waals surface area (Å²) in [5.41, 5.74) is -1.66. The summed E-state index contributed by atoms with van der Waals surface area (Å²) in [7, 11) is 0. The molecule has 1 heterocycles. The molecule has 0 aliphatic rings. The van der Waals surface area contributed by atoms with E-state index in [-0.39, 0.29) is 5.69 Å². The number of hydrogen-bond donors (Lipinski definition) is 2. The van der Waals surface area contributed by atoms with Crippen molar-refractivity contribution in [3.05, 3.63) is 23.0 Å². The first-order chi connectivity index (χ1) is 6.36. The number of aromatic carboxylic acids is 1. The van der Waals surface area contributed by atoms with E-state index in [9.17, 15) is 18.0 Å². The molecule has 0 unspecified atom stereocenters. The van der Waals surface area contributed by atoms with Crippen molar-refractivity contribution in [3.8, 4) is 0 Å². The quantitative estimate of drug-likeness (QED) is 0.781. The summed E-state index contributed by atoms with van der Waals surface area (Å²) in [4.78, 5) is 12.5. The Morgan fingerprint density at radius 1 is 1.57 bits per heavy atom. The molecule has 14 heavy (non-hydrogen) atoms. The van der Waals surface area contributed by atoms with Gasteiger partial charge in [-0.2, -0.15) is 13.2 Å². The molecule has 0 atom stereocenters. The molecule has 0 saturated heterocycles. The van der Waals surface area contributed by atoms with Gasteiger partial charge in [-0.15, -0.1) is 0 Å². The minimum Gasteiger partial charge on any atom is -0.478 e. The molecule has 0 aliphatic heterocycles. The smallest absolute Gasteiger partial charge is 0.432 e. The van der Waals surface area contributed by atoms with E-state index in [1.807, 2.05) is 4.98 Å². The first kappa shape index (κ1) is 10.6. The average molecular weight is 207 g/mol. The van der Waals surface area contributed by atoms with Gasteiger partial charge in [-0.3, -0.25) is 0 Å². The molecule has 6 heteroatoms. The summed E-state index contributed by atoms with van der Waals surface area (Å²) in [6, 6.07) is 1.01. The van der Waals surface area contributed by atoms with Gasteiger partial charge in [0.05, 0.1) is 5.56 Å². The maximum Gasteiger partial charge on any atom is 0.432 e. The van der Waals surface area contributed by atoms with Crippen LogP contribution in [0.1, 0.15) is 28.7 Å². The number of halogens is 3. The minimum atomic E-state index is -4.65. The van der Waals surface area contributed by atoms with Gasteiger partial charge in [0.15, 0.2) is 0 Å². The summed E-state index contributed by atoms with van der Waals surface area (Å²) < 4.78 is 36.8. The van der Waals surface area contributed by atoms with Crippen LogP contribution in [0, 0.1) is 0 Å². The van der Waals surface area contributed by atoms with Crippen molar-refractivity contribution in [2.45, 2.75) is 19.5 Å². The van der Waals surface area contributed by atoms with E-state index < -0.39 is 23.4 Å². The lowest BCUT2D eigenvalue weighted by Gasteiger charge is -2.04. The Morgan fingerprint density at radius 2 is 2.14 bits per heavy atom. The molecule has 1 aromatic rings. The van der Waals surface area contributed by atoms with Crippen molar-refractivity contribution in [3.63, 3.8) is 0 Å². The Bertz CT molecular complexity index is 354. The van der Waals surface area contributed by atoms with Crippen LogP contribution in [0.25, 0.3) is 0 Å². The molecule has 0 spiro atoms. The third kappa shape index (κ3) is 1.89. The van der Waals surface area contributed by atoms with E-state index in [1.165, 1.54) is 0 Å². The molecule has 1 rings (SSSR count). The number of H-pyrrole nitrogens is 1. The first-order valence-electron chi connectivity index (χ1n) is 3.88. The SMILES string of the molecule is CCc1cc(C(=O)O)c(C(F)(F)F)[nH]1. The van der Waals surface area contributed by atoms with Crippen LogP contribution in [0.4, 0.5) is 13.2 Å². The largest absolute Gasteiger partial charge is 0.478 e. The predicted octanol–water partition coefficient (Wildman–Crippen LogP) is 2.29. The van der Waals surface area contributed by atoms with Gasteiger partial charge in [-0.1, -0.05) is 6.92 Å². The van der Waals surface area contributed by atoms with E-state index in [1.54, 1.807) is 6.92 Å². The van der Waals surface area contributed by atoms with E-state index in [4.69, 9.17) is 5.11 Å². The summed E-state index contributed by atoms with van der Waals surface area (Å²) in [5.74, 6) is -1.58. The molecule has 3 nitrogen and oxygen atoms in total. The number of carboxylic acids is 1. The lowest BCUT2D eigenvalue weighted by atomic mass is 10.2. The van der Waals surface area contributed by atoms with Crippen LogP contribution in [-0.4, -0.2) is 16.1 Å². The second kappa shape index (κ2) is 3.36. The van der Waals surface area contributed by atoms with Crippen molar-refractivity contribution >= 4 is 5.97 Å². The normalized spacial score (nSPS) is 11.7. The number of aromatic nitrogens is 1. The molecule has 78 valence electrons. The summed E-state index contributed by atoms with van der Waals surface area (Å²) in [5, 5.41) is 8.52. The second-order valence-electron chi connectivity index (χ2n) is 2.74. The Balaban J connectivity index is 3.26. The fourth-order valence-electron chi connectivity index (χ4n) is 1.09. The van der Waals surface area contributed by atoms with Gasteiger partial charge in [0.2, 0.25) is 0 Å². The van der Waals surface area contributed by atoms with Crippen LogP contribution in [0.15, 0.2) is 6.07 Å². The van der Waals surface area contributed by atoms with Crippen LogP contribution in [0.5, 0.6) is 0 Å². The molecule has 0 radical (unpaired) electrons. The monoisotopic (exact) mass is 207 g/mol. The molecule has 1 aromatic heterocycles. The Kier molecular flexibility index (Phi) is 2.55. The number of nitrogens with one attached hydrogen (secondary N) is 1. The number of alkyl halides is 3. The molecular weight excluding hydrogens is 199 g/mol. The zero-order valence-electron chi connectivity index (χ0n) is 7.27. The lowest BCUT2D eigenvalue weighted by Crippen LogP contribution is -2.11. The molecule has 0 bridgehead atoms. The third-order valence-electron chi connectivity index (χ3n) is 1.77. The fraction of sp³-hybridized carbons (Fsp3) is 0.375. The van der Waals surface area contributed by atoms with Crippen molar-refractivity contribution in [2.24, 2.45) is 0 Å². The predicted molar refractivity (Wildman–Crippen MR) is 42.1 cm³/mol. The average Bonchev–Trinajstić information content (AvgIpc) is 2.46. The van der Waals surface area contributed by atoms with Gasteiger partial charge in [0, 0.05) is 5.69 Å². The molecule has 0 aliphatic carbocycles. The molecular formula is C8H8F3NO2. The van der Waals surface area contributed by atoms with E-state index in [0.717, 1.165) is 6.07 Å². The summed E-state index contributed by atoms with van der Waals surface area (Å²) in [6.45, 7) is 1.64. The van der Waals surface area contributed by atoms with Crippen molar-refractivity contribution < 1.29 is 23.1 Å². The molecule has 0 aromatic carbocycles. The van der Waals surface area contributed by atoms with Gasteiger partial charge in [-0.25, -0.2) is 4.79 Å². The lowest BCUT2D eigenvalue weighted by molar-refractivity contribution is -0.141. The fourth-order valence-corrected chi connectivity index (χ4v) is 1.09. The van der Waals surface area contributed by atoms with E-state index in [0.29, 0.717) is 6.42 Å². The highest BCUT2D eigenvalue weighted by Gasteiger charge is 2.37. The highest BCUT2D eigenvalue weighted by atomic mass is 19.4. The Morgan fingerprint density at radius 3 is 2.43 bits per heavy atom. The van der Waals surface area contributed by atoms with Crippen molar-refractivity contribution in [1.29, 1.82) is 0 Å². The van der Waals surface area contributed by atoms with Gasteiger partial charge >= 0.3 is 12.1 Å². The van der Waals surface area contributed by atoms with Crippen LogP contribution < -0.4 is 0 Å². The zero-order chi connectivity index (χ0) is 10.9. The summed E-state index contributed by atoms with van der Waals surface area (Å²) in [6.07, 6.45) is -4.32. The number of rotatable bonds is 2. The number of carbonyl (C=O) groups is 1. The molecule has 0 amide bonds. The first-order valence-corrected chi connectivity index (χ1v) is 3.88. The molecule has 0 fully saturated rings. The number of aryl methyl sites for hydroxylation is 1. The standard InChI is InChI=1S/C8H8F3NO2/c1-2-4-3-5(7(13)14)6(12-4)8(9,10)11/h3,12H,2H2,1H3,(H,13,14). The van der Waals surface area contributed by atoms with Gasteiger partial charge < -0.3 is 10.1 Å². The second-order valence-corrected chi connectivity index (χ2v) is 2.74. The van der Waals surface area contributed by atoms with E-state index in [2.05, 4.69) is 0 Å². The number of hydrogen-bond acceptors (Lipinski definition) is 1. The topological polar surface area (TPSA) is 53.1 Å². The third-order valence-corrected chi connectivity index (χ3v) is 1.77. The van der Waals surface area contributed by atoms with Crippen molar-refractivity contribution in [1.82, 2.24) is 4.98 Å². The van der Waals surface area contributed by atoms with Gasteiger partial charge in [-0.05, 0) is 12.5 Å². The number of carboxylic acid groups (broad SMARTS) is 1. The van der Waals surface area contributed by atoms with E-state index >= 15 is 0 Å². The van der Waals surface area contributed by atoms with Gasteiger partial charge in [0.25, 0.3) is 0 Å². The highest BCUT2D eigenvalue weighted by Crippen LogP contribution is 2.31. The van der Waals surface area contributed by atoms with Crippen LogP contribution in [0.3, 0.4) is 0 Å². The zero-order valence-corrected chi connectivity index (χ0v) is 7.27. The summed E-state index contributed by atoms with van der Waals surface area (Å²) >= 11 is 0. The molecule has 0 saturated carbocycles. The maximum atomic E-state index is 12.3. The van der Waals surface area contributed by atoms with Crippen LogP contribution >= 0.6 is 0 Å². The Labute approximate surface area is 77.6 Å². The number of aromatic amines is 1. The molecule has 2 N–H and O–H groups in total. The maximum absolute atomic E-state index is 12.3. The van der Waals surface area contributed by atoms with Gasteiger partial charge in [0.1, 0.15) is 5.69 Å². The minimum absolute atomic E-state index is 0.259. The van der Waals surface area contributed by atoms with Crippen LogP contribution in [0.2, 0.25) is 0 Å².